The molecule has 0 saturated carbocycles. The molecule has 1 aromatic carbocycles. The van der Waals surface area contributed by atoms with E-state index < -0.39 is 15.7 Å². The lowest BCUT2D eigenvalue weighted by Gasteiger charge is -2.25. The van der Waals surface area contributed by atoms with Gasteiger partial charge in [0.05, 0.1) is 21.2 Å². The second-order valence-corrected chi connectivity index (χ2v) is 9.63. The Hall–Kier alpha value is -1.48. The zero-order valence-electron chi connectivity index (χ0n) is 14.4. The summed E-state index contributed by atoms with van der Waals surface area (Å²) < 4.78 is 23.4. The highest BCUT2D eigenvalue weighted by molar-refractivity contribution is 7.90. The molecular weight excluding hydrogens is 394 g/mol. The Labute approximate surface area is 162 Å². The van der Waals surface area contributed by atoms with E-state index in [0.717, 1.165) is 31.6 Å². The van der Waals surface area contributed by atoms with Crippen LogP contribution in [-0.2, 0) is 16.4 Å². The fraction of sp³-hybridized carbons (Fsp3) is 0.412. The van der Waals surface area contributed by atoms with Crippen LogP contribution in [0.5, 0.6) is 0 Å². The molecule has 2 aromatic rings. The van der Waals surface area contributed by atoms with Gasteiger partial charge in [-0.25, -0.2) is 13.4 Å². The number of hydrogen-bond donors (Lipinski definition) is 1. The van der Waals surface area contributed by atoms with Gasteiger partial charge in [-0.2, -0.15) is 0 Å². The largest absolute Gasteiger partial charge is 0.298 e. The van der Waals surface area contributed by atoms with Gasteiger partial charge in [0, 0.05) is 18.2 Å². The molecule has 1 aromatic heterocycles. The minimum absolute atomic E-state index is 0.0528. The Balaban J connectivity index is 1.70. The van der Waals surface area contributed by atoms with E-state index >= 15 is 0 Å². The van der Waals surface area contributed by atoms with E-state index in [-0.39, 0.29) is 15.5 Å². The molecule has 1 aliphatic rings. The SMILES string of the molecule is CS(=O)(=O)c1ccc(Cl)c(C(=O)Nc2nc(CN3CCCCC3)cs2)c1. The number of aromatic nitrogens is 1. The molecule has 1 amide bonds. The van der Waals surface area contributed by atoms with Crippen LogP contribution in [0.4, 0.5) is 5.13 Å². The first-order valence-corrected chi connectivity index (χ1v) is 11.5. The van der Waals surface area contributed by atoms with Crippen LogP contribution in [0.3, 0.4) is 0 Å². The van der Waals surface area contributed by atoms with Gasteiger partial charge in [0.25, 0.3) is 5.91 Å². The van der Waals surface area contributed by atoms with E-state index in [9.17, 15) is 13.2 Å². The Morgan fingerprint density at radius 1 is 1.31 bits per heavy atom. The van der Waals surface area contributed by atoms with Gasteiger partial charge in [-0.05, 0) is 44.1 Å². The molecule has 0 bridgehead atoms. The summed E-state index contributed by atoms with van der Waals surface area (Å²) >= 11 is 7.41. The van der Waals surface area contributed by atoms with E-state index in [1.54, 1.807) is 0 Å². The molecular formula is C17H20ClN3O3S2. The van der Waals surface area contributed by atoms with E-state index in [0.29, 0.717) is 5.13 Å². The Morgan fingerprint density at radius 3 is 2.73 bits per heavy atom. The van der Waals surface area contributed by atoms with Gasteiger partial charge in [-0.15, -0.1) is 11.3 Å². The van der Waals surface area contributed by atoms with Gasteiger partial charge in [-0.1, -0.05) is 18.0 Å². The minimum Gasteiger partial charge on any atom is -0.298 e. The smallest absolute Gasteiger partial charge is 0.259 e. The second kappa shape index (κ2) is 8.04. The van der Waals surface area contributed by atoms with Crippen molar-refractivity contribution in [2.45, 2.75) is 30.7 Å². The van der Waals surface area contributed by atoms with Crippen LogP contribution < -0.4 is 5.32 Å². The van der Waals surface area contributed by atoms with E-state index in [4.69, 9.17) is 11.6 Å². The third-order valence-corrected chi connectivity index (χ3v) is 6.46. The predicted octanol–water partition coefficient (Wildman–Crippen LogP) is 3.44. The Bertz CT molecular complexity index is 906. The summed E-state index contributed by atoms with van der Waals surface area (Å²) in [6.07, 6.45) is 4.79. The van der Waals surface area contributed by atoms with E-state index in [2.05, 4.69) is 15.2 Å². The molecule has 0 unspecified atom stereocenters. The quantitative estimate of drug-likeness (QED) is 0.812. The third-order valence-electron chi connectivity index (χ3n) is 4.22. The molecule has 0 radical (unpaired) electrons. The zero-order valence-corrected chi connectivity index (χ0v) is 16.8. The van der Waals surface area contributed by atoms with Crippen molar-refractivity contribution in [3.63, 3.8) is 0 Å². The topological polar surface area (TPSA) is 79.4 Å². The summed E-state index contributed by atoms with van der Waals surface area (Å²) in [6, 6.07) is 4.08. The lowest BCUT2D eigenvalue weighted by Crippen LogP contribution is -2.29. The number of benzene rings is 1. The number of rotatable bonds is 5. The third kappa shape index (κ3) is 4.82. The van der Waals surface area contributed by atoms with Gasteiger partial charge >= 0.3 is 0 Å². The maximum atomic E-state index is 12.5. The monoisotopic (exact) mass is 413 g/mol. The number of amides is 1. The maximum Gasteiger partial charge on any atom is 0.259 e. The van der Waals surface area contributed by atoms with Crippen LogP contribution in [0, 0.1) is 0 Å². The normalized spacial score (nSPS) is 15.8. The molecule has 0 aliphatic carbocycles. The van der Waals surface area contributed by atoms with Gasteiger partial charge in [0.1, 0.15) is 0 Å². The highest BCUT2D eigenvalue weighted by Gasteiger charge is 2.17. The van der Waals surface area contributed by atoms with E-state index in [1.165, 1.54) is 48.8 Å². The fourth-order valence-electron chi connectivity index (χ4n) is 2.86. The summed E-state index contributed by atoms with van der Waals surface area (Å²) in [5.41, 5.74) is 1.03. The molecule has 1 N–H and O–H groups in total. The molecule has 3 rings (SSSR count). The molecule has 1 saturated heterocycles. The number of nitrogens with zero attached hydrogens (tertiary/aromatic N) is 2. The molecule has 0 atom stereocenters. The lowest BCUT2D eigenvalue weighted by molar-refractivity contribution is 0.102. The zero-order chi connectivity index (χ0) is 18.7. The average Bonchev–Trinajstić information content (AvgIpc) is 3.02. The maximum absolute atomic E-state index is 12.5. The number of halogens is 1. The number of carbonyl (C=O) groups excluding carboxylic acids is 1. The predicted molar refractivity (Wildman–Crippen MR) is 104 cm³/mol. The van der Waals surface area contributed by atoms with Crippen LogP contribution in [0.15, 0.2) is 28.5 Å². The van der Waals surface area contributed by atoms with Crippen LogP contribution >= 0.6 is 22.9 Å². The number of piperidine rings is 1. The summed E-state index contributed by atoms with van der Waals surface area (Å²) in [7, 11) is -3.42. The van der Waals surface area contributed by atoms with Gasteiger partial charge in [0.15, 0.2) is 15.0 Å². The first kappa shape index (κ1) is 19.3. The second-order valence-electron chi connectivity index (χ2n) is 6.35. The van der Waals surface area contributed by atoms with Crippen molar-refractivity contribution < 1.29 is 13.2 Å². The average molecular weight is 414 g/mol. The van der Waals surface area contributed by atoms with Crippen molar-refractivity contribution in [3.8, 4) is 0 Å². The van der Waals surface area contributed by atoms with Crippen molar-refractivity contribution in [2.75, 3.05) is 24.7 Å². The fourth-order valence-corrected chi connectivity index (χ4v) is 4.40. The van der Waals surface area contributed by atoms with Crippen LogP contribution in [-0.4, -0.2) is 43.6 Å². The van der Waals surface area contributed by atoms with Gasteiger partial charge in [-0.3, -0.25) is 15.0 Å². The van der Waals surface area contributed by atoms with Crippen molar-refractivity contribution in [3.05, 3.63) is 39.9 Å². The molecule has 140 valence electrons. The number of carbonyl (C=O) groups is 1. The minimum atomic E-state index is -3.42. The summed E-state index contributed by atoms with van der Waals surface area (Å²) in [5.74, 6) is -0.473. The molecule has 6 nitrogen and oxygen atoms in total. The number of nitrogens with one attached hydrogen (secondary N) is 1. The highest BCUT2D eigenvalue weighted by atomic mass is 35.5. The number of likely N-dealkylation sites (tertiary alicyclic amines) is 1. The number of hydrogen-bond acceptors (Lipinski definition) is 6. The first-order valence-electron chi connectivity index (χ1n) is 8.30. The standard InChI is InChI=1S/C17H20ClN3O3S2/c1-26(23,24)13-5-6-15(18)14(9-13)16(22)20-17-19-12(11-25-17)10-21-7-3-2-4-8-21/h5-6,9,11H,2-4,7-8,10H2,1H3,(H,19,20,22). The number of anilines is 1. The summed E-state index contributed by atoms with van der Waals surface area (Å²) in [5, 5.41) is 5.30. The number of thiazole rings is 1. The molecule has 2 heterocycles. The van der Waals surface area contributed by atoms with Crippen LogP contribution in [0.1, 0.15) is 35.3 Å². The first-order chi connectivity index (χ1) is 12.3. The molecule has 0 spiro atoms. The summed E-state index contributed by atoms with van der Waals surface area (Å²) in [6.45, 7) is 2.93. The van der Waals surface area contributed by atoms with Crippen molar-refractivity contribution >= 4 is 43.8 Å². The summed E-state index contributed by atoms with van der Waals surface area (Å²) in [4.78, 5) is 19.3. The van der Waals surface area contributed by atoms with Crippen molar-refractivity contribution in [1.82, 2.24) is 9.88 Å². The highest BCUT2D eigenvalue weighted by Crippen LogP contribution is 2.24. The molecule has 1 fully saturated rings. The lowest BCUT2D eigenvalue weighted by atomic mass is 10.1. The van der Waals surface area contributed by atoms with Crippen LogP contribution in [0.25, 0.3) is 0 Å². The van der Waals surface area contributed by atoms with Crippen molar-refractivity contribution in [1.29, 1.82) is 0 Å². The van der Waals surface area contributed by atoms with Crippen molar-refractivity contribution in [2.24, 2.45) is 0 Å². The van der Waals surface area contributed by atoms with Gasteiger partial charge in [0.2, 0.25) is 0 Å². The molecule has 9 heteroatoms. The van der Waals surface area contributed by atoms with Gasteiger partial charge < -0.3 is 0 Å². The van der Waals surface area contributed by atoms with Crippen LogP contribution in [0.2, 0.25) is 5.02 Å². The Kier molecular flexibility index (Phi) is 5.96. The number of sulfone groups is 1. The Morgan fingerprint density at radius 2 is 2.04 bits per heavy atom. The molecule has 1 aliphatic heterocycles. The van der Waals surface area contributed by atoms with E-state index in [1.807, 2.05) is 5.38 Å². The molecule has 26 heavy (non-hydrogen) atoms.